The number of fused-ring (bicyclic) bond motifs is 2. The van der Waals surface area contributed by atoms with Crippen molar-refractivity contribution in [1.29, 1.82) is 0 Å². The Kier molecular flexibility index (Phi) is 4.92. The van der Waals surface area contributed by atoms with Crippen molar-refractivity contribution in [2.45, 2.75) is 32.9 Å². The molecule has 1 aliphatic heterocycles. The smallest absolute Gasteiger partial charge is 0.160 e. The van der Waals surface area contributed by atoms with Gasteiger partial charge in [0.25, 0.3) is 0 Å². The molecule has 35 heavy (non-hydrogen) atoms. The number of nitrogens with zero attached hydrogens (tertiary/aromatic N) is 7. The first kappa shape index (κ1) is 21.5. The van der Waals surface area contributed by atoms with Crippen molar-refractivity contribution in [3.05, 3.63) is 42.5 Å². The quantitative estimate of drug-likeness (QED) is 0.368. The van der Waals surface area contributed by atoms with Crippen LogP contribution in [-0.2, 0) is 7.05 Å². The lowest BCUT2D eigenvalue weighted by Gasteiger charge is -2.37. The number of hydrogen-bond donors (Lipinski definition) is 3. The molecule has 4 aromatic heterocycles. The van der Waals surface area contributed by atoms with E-state index < -0.39 is 0 Å². The Labute approximate surface area is 202 Å². The number of phenolic OH excluding ortho intramolecular Hbond substituents is 1. The van der Waals surface area contributed by atoms with Gasteiger partial charge in [0.1, 0.15) is 12.1 Å². The summed E-state index contributed by atoms with van der Waals surface area (Å²) in [6, 6.07) is 6.75. The van der Waals surface area contributed by atoms with Crippen LogP contribution in [0.25, 0.3) is 44.6 Å². The van der Waals surface area contributed by atoms with Crippen LogP contribution in [-0.4, -0.2) is 65.2 Å². The molecular formula is C25H27N9O. The van der Waals surface area contributed by atoms with E-state index in [2.05, 4.69) is 50.4 Å². The third-order valence-electron chi connectivity index (χ3n) is 6.64. The molecule has 1 saturated heterocycles. The molecule has 178 valence electrons. The number of aromatic amines is 1. The van der Waals surface area contributed by atoms with Crippen molar-refractivity contribution in [2.75, 3.05) is 18.0 Å². The van der Waals surface area contributed by atoms with E-state index in [1.807, 2.05) is 38.5 Å². The number of hydrogen-bond acceptors (Lipinski definition) is 8. The molecule has 1 aliphatic rings. The topological polar surface area (TPSA) is 121 Å². The van der Waals surface area contributed by atoms with Gasteiger partial charge in [-0.05, 0) is 39.0 Å². The Bertz CT molecular complexity index is 1550. The Morgan fingerprint density at radius 2 is 1.86 bits per heavy atom. The standard InChI is InChI=1S/C25H27N9O/c1-13-9-34(10-14(2)29-13)17-6-18-19(25-27-12-28-31-25)7-21(30-24(18)26-8-17)20-5-16-11-33(4)32-22(16)15(3)23(20)35/h5-8,11-14,29,35H,9-10H2,1-4H3,(H,27,28,31)/t13-,14+. The Morgan fingerprint density at radius 1 is 1.06 bits per heavy atom. The van der Waals surface area contributed by atoms with E-state index in [0.29, 0.717) is 40.4 Å². The first-order valence-corrected chi connectivity index (χ1v) is 11.7. The van der Waals surface area contributed by atoms with Crippen molar-refractivity contribution in [1.82, 2.24) is 40.2 Å². The van der Waals surface area contributed by atoms with Crippen LogP contribution < -0.4 is 10.2 Å². The molecule has 0 bridgehead atoms. The van der Waals surface area contributed by atoms with Crippen LogP contribution in [0.2, 0.25) is 0 Å². The number of nitrogens with one attached hydrogen (secondary N) is 2. The van der Waals surface area contributed by atoms with Gasteiger partial charge in [-0.1, -0.05) is 0 Å². The lowest BCUT2D eigenvalue weighted by Crippen LogP contribution is -2.54. The third-order valence-corrected chi connectivity index (χ3v) is 6.64. The van der Waals surface area contributed by atoms with Crippen molar-refractivity contribution >= 4 is 27.6 Å². The van der Waals surface area contributed by atoms with Crippen molar-refractivity contribution in [3.8, 4) is 28.4 Å². The molecule has 0 spiro atoms. The predicted molar refractivity (Wildman–Crippen MR) is 135 cm³/mol. The second-order valence-electron chi connectivity index (χ2n) is 9.47. The maximum absolute atomic E-state index is 11.1. The highest BCUT2D eigenvalue weighted by Crippen LogP contribution is 2.39. The number of aromatic nitrogens is 7. The van der Waals surface area contributed by atoms with Crippen molar-refractivity contribution in [2.24, 2.45) is 7.05 Å². The van der Waals surface area contributed by atoms with Crippen LogP contribution in [0.3, 0.4) is 0 Å². The van der Waals surface area contributed by atoms with Gasteiger partial charge in [0.2, 0.25) is 0 Å². The summed E-state index contributed by atoms with van der Waals surface area (Å²) in [4.78, 5) is 16.4. The number of anilines is 1. The fourth-order valence-electron chi connectivity index (χ4n) is 5.11. The molecule has 0 aliphatic carbocycles. The average Bonchev–Trinajstić information content (AvgIpc) is 3.49. The van der Waals surface area contributed by atoms with Gasteiger partial charge in [0, 0.05) is 65.9 Å². The first-order chi connectivity index (χ1) is 16.9. The summed E-state index contributed by atoms with van der Waals surface area (Å²) in [5, 5.41) is 28.0. The van der Waals surface area contributed by atoms with E-state index in [9.17, 15) is 5.11 Å². The van der Waals surface area contributed by atoms with E-state index in [-0.39, 0.29) is 5.75 Å². The highest BCUT2D eigenvalue weighted by atomic mass is 16.3. The molecule has 0 amide bonds. The molecule has 0 unspecified atom stereocenters. The zero-order valence-electron chi connectivity index (χ0n) is 20.1. The minimum atomic E-state index is 0.159. The van der Waals surface area contributed by atoms with Gasteiger partial charge in [-0.2, -0.15) is 10.2 Å². The Morgan fingerprint density at radius 3 is 2.60 bits per heavy atom. The number of benzene rings is 1. The van der Waals surface area contributed by atoms with Crippen LogP contribution in [0.5, 0.6) is 5.75 Å². The monoisotopic (exact) mass is 469 g/mol. The number of rotatable bonds is 3. The number of phenols is 1. The van der Waals surface area contributed by atoms with E-state index >= 15 is 0 Å². The maximum atomic E-state index is 11.1. The first-order valence-electron chi connectivity index (χ1n) is 11.7. The van der Waals surface area contributed by atoms with Gasteiger partial charge in [0.05, 0.1) is 23.1 Å². The molecule has 10 heteroatoms. The van der Waals surface area contributed by atoms with Gasteiger partial charge in [-0.3, -0.25) is 9.78 Å². The average molecular weight is 470 g/mol. The third kappa shape index (κ3) is 3.66. The highest BCUT2D eigenvalue weighted by Gasteiger charge is 2.23. The summed E-state index contributed by atoms with van der Waals surface area (Å²) in [6.45, 7) is 8.06. The van der Waals surface area contributed by atoms with Crippen LogP contribution in [0, 0.1) is 6.92 Å². The Balaban J connectivity index is 1.54. The zero-order chi connectivity index (χ0) is 24.3. The molecule has 1 fully saturated rings. The van der Waals surface area contributed by atoms with Crippen molar-refractivity contribution in [3.63, 3.8) is 0 Å². The summed E-state index contributed by atoms with van der Waals surface area (Å²) in [5.74, 6) is 0.783. The fourth-order valence-corrected chi connectivity index (χ4v) is 5.11. The summed E-state index contributed by atoms with van der Waals surface area (Å²) in [5.41, 5.74) is 5.18. The van der Waals surface area contributed by atoms with E-state index in [4.69, 9.17) is 9.97 Å². The second-order valence-corrected chi connectivity index (χ2v) is 9.47. The molecule has 0 saturated carbocycles. The zero-order valence-corrected chi connectivity index (χ0v) is 20.1. The van der Waals surface area contributed by atoms with Crippen molar-refractivity contribution < 1.29 is 5.11 Å². The van der Waals surface area contributed by atoms with Gasteiger partial charge in [0.15, 0.2) is 11.5 Å². The molecule has 3 N–H and O–H groups in total. The predicted octanol–water partition coefficient (Wildman–Crippen LogP) is 3.17. The maximum Gasteiger partial charge on any atom is 0.160 e. The van der Waals surface area contributed by atoms with Crippen LogP contribution in [0.4, 0.5) is 5.69 Å². The second kappa shape index (κ2) is 8.02. The number of aryl methyl sites for hydroxylation is 2. The normalized spacial score (nSPS) is 18.6. The number of H-pyrrole nitrogens is 1. The fraction of sp³-hybridized carbons (Fsp3) is 0.320. The SMILES string of the molecule is Cc1c(O)c(-c2cc(-c3ncn[nH]3)c3cc(N4C[C@@H](C)N[C@@H](C)C4)cnc3n2)cc2cn(C)nc12. The minimum absolute atomic E-state index is 0.159. The molecule has 5 heterocycles. The summed E-state index contributed by atoms with van der Waals surface area (Å²) >= 11 is 0. The lowest BCUT2D eigenvalue weighted by atomic mass is 10.0. The van der Waals surface area contributed by atoms with Crippen LogP contribution >= 0.6 is 0 Å². The number of piperazine rings is 1. The molecule has 5 aromatic rings. The molecule has 2 atom stereocenters. The number of pyridine rings is 2. The highest BCUT2D eigenvalue weighted by molar-refractivity contribution is 5.97. The van der Waals surface area contributed by atoms with Crippen LogP contribution in [0.1, 0.15) is 19.4 Å². The van der Waals surface area contributed by atoms with Gasteiger partial charge >= 0.3 is 0 Å². The summed E-state index contributed by atoms with van der Waals surface area (Å²) in [6.07, 6.45) is 5.30. The summed E-state index contributed by atoms with van der Waals surface area (Å²) < 4.78 is 1.75. The number of aromatic hydroxyl groups is 1. The largest absolute Gasteiger partial charge is 0.507 e. The molecule has 1 aromatic carbocycles. The van der Waals surface area contributed by atoms with E-state index in [1.165, 1.54) is 6.33 Å². The molecule has 0 radical (unpaired) electrons. The minimum Gasteiger partial charge on any atom is -0.507 e. The van der Waals surface area contributed by atoms with E-state index in [1.54, 1.807) is 4.68 Å². The van der Waals surface area contributed by atoms with Gasteiger partial charge in [-0.25, -0.2) is 15.0 Å². The molecular weight excluding hydrogens is 442 g/mol. The van der Waals surface area contributed by atoms with E-state index in [0.717, 1.165) is 40.6 Å². The molecule has 10 nitrogen and oxygen atoms in total. The lowest BCUT2D eigenvalue weighted by molar-refractivity contribution is 0.407. The summed E-state index contributed by atoms with van der Waals surface area (Å²) in [7, 11) is 1.87. The molecule has 6 rings (SSSR count). The van der Waals surface area contributed by atoms with Crippen LogP contribution in [0.15, 0.2) is 36.9 Å². The van der Waals surface area contributed by atoms with Gasteiger partial charge in [-0.15, -0.1) is 0 Å². The van der Waals surface area contributed by atoms with Gasteiger partial charge < -0.3 is 15.3 Å². The Hall–Kier alpha value is -4.05.